The van der Waals surface area contributed by atoms with Gasteiger partial charge in [0.05, 0.1) is 5.25 Å². The van der Waals surface area contributed by atoms with Gasteiger partial charge in [-0.1, -0.05) is 0 Å². The highest BCUT2D eigenvalue weighted by molar-refractivity contribution is 7.81. The Balaban J connectivity index is 3.36. The molecule has 76 valence electrons. The zero-order valence-corrected chi connectivity index (χ0v) is 8.33. The molecule has 0 aromatic carbocycles. The number of guanidine groups is 1. The molecule has 1 amide bonds. The number of hydrogen-bond donors (Lipinski definition) is 4. The van der Waals surface area contributed by atoms with Gasteiger partial charge in [0.15, 0.2) is 5.96 Å². The van der Waals surface area contributed by atoms with E-state index in [0.29, 0.717) is 13.0 Å². The number of hydrogen-bond acceptors (Lipinski definition) is 3. The van der Waals surface area contributed by atoms with Gasteiger partial charge in [-0.2, -0.15) is 12.6 Å². The van der Waals surface area contributed by atoms with Gasteiger partial charge in [-0.3, -0.25) is 9.79 Å². The van der Waals surface area contributed by atoms with Crippen molar-refractivity contribution >= 4 is 24.5 Å². The second-order valence-corrected chi connectivity index (χ2v) is 3.34. The fourth-order valence-electron chi connectivity index (χ4n) is 0.800. The number of primary amides is 1. The van der Waals surface area contributed by atoms with Crippen molar-refractivity contribution in [3.63, 3.8) is 0 Å². The minimum atomic E-state index is -0.384. The standard InChI is InChI=1S/C7H16N4OS/c8-6(12)5(13)3-1-2-4-11-7(9)10/h5,13H,1-4H2,(H2,8,12)(H4,9,10,11)/t5-/m0/s1. The summed E-state index contributed by atoms with van der Waals surface area (Å²) < 4.78 is 0. The average Bonchev–Trinajstić information content (AvgIpc) is 2.02. The summed E-state index contributed by atoms with van der Waals surface area (Å²) in [6, 6.07) is 0. The Morgan fingerprint density at radius 1 is 1.31 bits per heavy atom. The molecule has 0 unspecified atom stereocenters. The first-order chi connectivity index (χ1) is 6.04. The Labute approximate surface area is 83.2 Å². The molecule has 0 rings (SSSR count). The van der Waals surface area contributed by atoms with Crippen LogP contribution in [0.4, 0.5) is 0 Å². The smallest absolute Gasteiger partial charge is 0.230 e. The Bertz CT molecular complexity index is 191. The van der Waals surface area contributed by atoms with Crippen LogP contribution in [0, 0.1) is 0 Å². The SMILES string of the molecule is NC(=O)[C@@H](S)CCCCN=C(N)N. The summed E-state index contributed by atoms with van der Waals surface area (Å²) in [6.07, 6.45) is 2.34. The number of carbonyl (C=O) groups excluding carboxylic acids is 1. The summed E-state index contributed by atoms with van der Waals surface area (Å²) in [5.74, 6) is -0.289. The predicted octanol–water partition coefficient (Wildman–Crippen LogP) is -0.786. The predicted molar refractivity (Wildman–Crippen MR) is 56.5 cm³/mol. The van der Waals surface area contributed by atoms with Gasteiger partial charge in [0.25, 0.3) is 0 Å². The molecule has 0 heterocycles. The van der Waals surface area contributed by atoms with Crippen LogP contribution in [0.25, 0.3) is 0 Å². The lowest BCUT2D eigenvalue weighted by atomic mass is 10.2. The van der Waals surface area contributed by atoms with E-state index < -0.39 is 0 Å². The molecule has 1 atom stereocenters. The van der Waals surface area contributed by atoms with Crippen molar-refractivity contribution in [1.82, 2.24) is 0 Å². The molecule has 6 N–H and O–H groups in total. The van der Waals surface area contributed by atoms with Crippen molar-refractivity contribution in [2.75, 3.05) is 6.54 Å². The molecule has 6 heteroatoms. The van der Waals surface area contributed by atoms with Crippen molar-refractivity contribution in [3.8, 4) is 0 Å². The van der Waals surface area contributed by atoms with Gasteiger partial charge in [0.2, 0.25) is 5.91 Å². The van der Waals surface area contributed by atoms with Crippen LogP contribution in [0.5, 0.6) is 0 Å². The van der Waals surface area contributed by atoms with Crippen LogP contribution in [0.1, 0.15) is 19.3 Å². The van der Waals surface area contributed by atoms with E-state index in [1.54, 1.807) is 0 Å². The van der Waals surface area contributed by atoms with E-state index in [-0.39, 0.29) is 17.1 Å². The molecule has 0 aromatic heterocycles. The molecule has 0 saturated carbocycles. The molecule has 13 heavy (non-hydrogen) atoms. The first kappa shape index (κ1) is 12.1. The van der Waals surface area contributed by atoms with Crippen molar-refractivity contribution < 1.29 is 4.79 Å². The second kappa shape index (κ2) is 6.59. The zero-order valence-electron chi connectivity index (χ0n) is 7.44. The number of carbonyl (C=O) groups is 1. The summed E-state index contributed by atoms with van der Waals surface area (Å²) in [4.78, 5) is 14.3. The third-order valence-corrected chi connectivity index (χ3v) is 2.02. The average molecular weight is 204 g/mol. The van der Waals surface area contributed by atoms with E-state index in [1.807, 2.05) is 0 Å². The third kappa shape index (κ3) is 7.45. The number of nitrogens with two attached hydrogens (primary N) is 3. The van der Waals surface area contributed by atoms with Gasteiger partial charge in [-0.15, -0.1) is 0 Å². The molecule has 0 aromatic rings. The Kier molecular flexibility index (Phi) is 6.13. The third-order valence-electron chi connectivity index (χ3n) is 1.51. The van der Waals surface area contributed by atoms with E-state index in [0.717, 1.165) is 12.8 Å². The highest BCUT2D eigenvalue weighted by atomic mass is 32.1. The van der Waals surface area contributed by atoms with Crippen molar-refractivity contribution in [2.24, 2.45) is 22.2 Å². The number of amides is 1. The van der Waals surface area contributed by atoms with Crippen LogP contribution >= 0.6 is 12.6 Å². The van der Waals surface area contributed by atoms with E-state index in [4.69, 9.17) is 17.2 Å². The van der Waals surface area contributed by atoms with E-state index in [2.05, 4.69) is 17.6 Å². The maximum Gasteiger partial charge on any atom is 0.230 e. The topological polar surface area (TPSA) is 107 Å². The minimum Gasteiger partial charge on any atom is -0.370 e. The van der Waals surface area contributed by atoms with Crippen LogP contribution in [0.15, 0.2) is 4.99 Å². The van der Waals surface area contributed by atoms with Crippen LogP contribution in [-0.4, -0.2) is 23.7 Å². The molecular formula is C7H16N4OS. The lowest BCUT2D eigenvalue weighted by Crippen LogP contribution is -2.24. The summed E-state index contributed by atoms with van der Waals surface area (Å²) in [7, 11) is 0. The van der Waals surface area contributed by atoms with E-state index >= 15 is 0 Å². The van der Waals surface area contributed by atoms with E-state index in [1.165, 1.54) is 0 Å². The molecule has 0 aliphatic carbocycles. The fourth-order valence-corrected chi connectivity index (χ4v) is 0.982. The minimum absolute atomic E-state index is 0.0947. The van der Waals surface area contributed by atoms with Crippen LogP contribution in [0.3, 0.4) is 0 Å². The molecule has 0 spiro atoms. The first-order valence-corrected chi connectivity index (χ1v) is 4.58. The van der Waals surface area contributed by atoms with Crippen LogP contribution in [0.2, 0.25) is 0 Å². The Hall–Kier alpha value is -0.910. The lowest BCUT2D eigenvalue weighted by molar-refractivity contribution is -0.117. The van der Waals surface area contributed by atoms with Crippen molar-refractivity contribution in [2.45, 2.75) is 24.5 Å². The molecule has 0 fully saturated rings. The normalized spacial score (nSPS) is 12.1. The quantitative estimate of drug-likeness (QED) is 0.197. The highest BCUT2D eigenvalue weighted by Crippen LogP contribution is 2.06. The number of aliphatic imine (C=N–C) groups is 1. The van der Waals surface area contributed by atoms with Gasteiger partial charge in [0.1, 0.15) is 0 Å². The summed E-state index contributed by atoms with van der Waals surface area (Å²) in [5, 5.41) is -0.362. The Morgan fingerprint density at radius 3 is 2.38 bits per heavy atom. The van der Waals surface area contributed by atoms with E-state index in [9.17, 15) is 4.79 Å². The molecule has 0 bridgehead atoms. The van der Waals surface area contributed by atoms with Crippen molar-refractivity contribution in [1.29, 1.82) is 0 Å². The fraction of sp³-hybridized carbons (Fsp3) is 0.714. The van der Waals surface area contributed by atoms with Gasteiger partial charge in [-0.05, 0) is 19.3 Å². The second-order valence-electron chi connectivity index (χ2n) is 2.72. The molecular weight excluding hydrogens is 188 g/mol. The van der Waals surface area contributed by atoms with Gasteiger partial charge in [0, 0.05) is 6.54 Å². The van der Waals surface area contributed by atoms with Crippen LogP contribution < -0.4 is 17.2 Å². The van der Waals surface area contributed by atoms with Gasteiger partial charge in [-0.25, -0.2) is 0 Å². The summed E-state index contributed by atoms with van der Waals surface area (Å²) in [6.45, 7) is 0.585. The zero-order chi connectivity index (χ0) is 10.3. The number of nitrogens with zero attached hydrogens (tertiary/aromatic N) is 1. The molecule has 0 saturated heterocycles. The largest absolute Gasteiger partial charge is 0.370 e. The number of thiol groups is 1. The maximum absolute atomic E-state index is 10.5. The maximum atomic E-state index is 10.5. The monoisotopic (exact) mass is 204 g/mol. The highest BCUT2D eigenvalue weighted by Gasteiger charge is 2.07. The van der Waals surface area contributed by atoms with Crippen LogP contribution in [-0.2, 0) is 4.79 Å². The molecule has 0 aliphatic rings. The first-order valence-electron chi connectivity index (χ1n) is 4.07. The number of rotatable bonds is 6. The lowest BCUT2D eigenvalue weighted by Gasteiger charge is -2.04. The molecule has 0 radical (unpaired) electrons. The van der Waals surface area contributed by atoms with Gasteiger partial charge < -0.3 is 17.2 Å². The molecule has 5 nitrogen and oxygen atoms in total. The Morgan fingerprint density at radius 2 is 1.92 bits per heavy atom. The summed E-state index contributed by atoms with van der Waals surface area (Å²) in [5.41, 5.74) is 15.3. The van der Waals surface area contributed by atoms with Crippen molar-refractivity contribution in [3.05, 3.63) is 0 Å². The van der Waals surface area contributed by atoms with Gasteiger partial charge >= 0.3 is 0 Å². The summed E-state index contributed by atoms with van der Waals surface area (Å²) >= 11 is 4.01. The molecule has 0 aliphatic heterocycles. The number of unbranched alkanes of at least 4 members (excludes halogenated alkanes) is 1.